The Morgan fingerprint density at radius 2 is 1.67 bits per heavy atom. The van der Waals surface area contributed by atoms with E-state index in [1.54, 1.807) is 0 Å². The lowest BCUT2D eigenvalue weighted by Crippen LogP contribution is -2.45. The SMILES string of the molecule is C=C(C(=O)O)C(C)CC1C2CC3CC(C2)CC1C3. The second-order valence-corrected chi connectivity index (χ2v) is 7.06. The Morgan fingerprint density at radius 3 is 2.11 bits per heavy atom. The summed E-state index contributed by atoms with van der Waals surface area (Å²) in [4.78, 5) is 11.0. The Balaban J connectivity index is 1.67. The first kappa shape index (κ1) is 12.3. The van der Waals surface area contributed by atoms with Crippen LogP contribution >= 0.6 is 0 Å². The summed E-state index contributed by atoms with van der Waals surface area (Å²) >= 11 is 0. The molecule has 18 heavy (non-hydrogen) atoms. The molecule has 4 aliphatic rings. The molecule has 0 spiro atoms. The highest BCUT2D eigenvalue weighted by atomic mass is 16.4. The van der Waals surface area contributed by atoms with Crippen molar-refractivity contribution in [2.45, 2.75) is 45.4 Å². The molecule has 1 atom stereocenters. The summed E-state index contributed by atoms with van der Waals surface area (Å²) < 4.78 is 0. The van der Waals surface area contributed by atoms with Crippen molar-refractivity contribution in [1.82, 2.24) is 0 Å². The highest BCUT2D eigenvalue weighted by Gasteiger charge is 2.48. The lowest BCUT2D eigenvalue weighted by Gasteiger charge is -2.55. The maximum absolute atomic E-state index is 11.0. The molecule has 4 rings (SSSR count). The van der Waals surface area contributed by atoms with Gasteiger partial charge in [0.2, 0.25) is 0 Å². The highest BCUT2D eigenvalue weighted by Crippen LogP contribution is 2.58. The van der Waals surface area contributed by atoms with E-state index in [1.165, 1.54) is 32.1 Å². The van der Waals surface area contributed by atoms with Crippen molar-refractivity contribution in [1.29, 1.82) is 0 Å². The number of aliphatic carboxylic acids is 1. The molecule has 0 aromatic rings. The van der Waals surface area contributed by atoms with Gasteiger partial charge in [-0.15, -0.1) is 0 Å². The molecule has 4 fully saturated rings. The number of carbonyl (C=O) groups is 1. The number of hydrogen-bond donors (Lipinski definition) is 1. The van der Waals surface area contributed by atoms with E-state index >= 15 is 0 Å². The second kappa shape index (κ2) is 4.40. The standard InChI is InChI=1S/C16H24O2/c1-9(10(2)16(17)18)3-15-13-5-11-4-12(7-13)8-14(15)6-11/h9,11-15H,2-8H2,1H3,(H,17,18). The van der Waals surface area contributed by atoms with Crippen molar-refractivity contribution in [3.05, 3.63) is 12.2 Å². The van der Waals surface area contributed by atoms with Crippen molar-refractivity contribution < 1.29 is 9.90 Å². The molecule has 0 radical (unpaired) electrons. The molecule has 0 amide bonds. The molecular weight excluding hydrogens is 224 g/mol. The van der Waals surface area contributed by atoms with E-state index in [1.807, 2.05) is 6.92 Å². The Hall–Kier alpha value is -0.790. The van der Waals surface area contributed by atoms with Crippen molar-refractivity contribution in [2.75, 3.05) is 0 Å². The van der Waals surface area contributed by atoms with Crippen LogP contribution < -0.4 is 0 Å². The van der Waals surface area contributed by atoms with Gasteiger partial charge >= 0.3 is 5.97 Å². The van der Waals surface area contributed by atoms with E-state index < -0.39 is 5.97 Å². The Kier molecular flexibility index (Phi) is 2.99. The molecular formula is C16H24O2. The molecule has 0 aromatic carbocycles. The predicted molar refractivity (Wildman–Crippen MR) is 71.1 cm³/mol. The van der Waals surface area contributed by atoms with Crippen LogP contribution in [0.2, 0.25) is 0 Å². The summed E-state index contributed by atoms with van der Waals surface area (Å²) in [5, 5.41) is 9.03. The fourth-order valence-corrected chi connectivity index (χ4v) is 5.18. The van der Waals surface area contributed by atoms with Crippen LogP contribution in [0.15, 0.2) is 12.2 Å². The van der Waals surface area contributed by atoms with Gasteiger partial charge in [-0.2, -0.15) is 0 Å². The van der Waals surface area contributed by atoms with Gasteiger partial charge in [0.25, 0.3) is 0 Å². The number of carboxylic acids is 1. The van der Waals surface area contributed by atoms with Crippen LogP contribution in [0, 0.1) is 35.5 Å². The van der Waals surface area contributed by atoms with Gasteiger partial charge in [-0.05, 0) is 74.0 Å². The maximum Gasteiger partial charge on any atom is 0.331 e. The van der Waals surface area contributed by atoms with E-state index in [4.69, 9.17) is 5.11 Å². The molecule has 0 saturated heterocycles. The van der Waals surface area contributed by atoms with Crippen LogP contribution in [-0.2, 0) is 4.79 Å². The molecule has 0 aromatic heterocycles. The Morgan fingerprint density at radius 1 is 1.17 bits per heavy atom. The van der Waals surface area contributed by atoms with Crippen LogP contribution in [-0.4, -0.2) is 11.1 Å². The third-order valence-corrected chi connectivity index (χ3v) is 5.92. The monoisotopic (exact) mass is 248 g/mol. The van der Waals surface area contributed by atoms with Gasteiger partial charge in [0.15, 0.2) is 0 Å². The second-order valence-electron chi connectivity index (χ2n) is 7.06. The third-order valence-electron chi connectivity index (χ3n) is 5.92. The van der Waals surface area contributed by atoms with E-state index in [9.17, 15) is 4.79 Å². The summed E-state index contributed by atoms with van der Waals surface area (Å²) in [5.74, 6) is 3.90. The first-order valence-electron chi connectivity index (χ1n) is 7.46. The molecule has 1 unspecified atom stereocenters. The summed E-state index contributed by atoms with van der Waals surface area (Å²) in [6, 6.07) is 0. The molecule has 4 bridgehead atoms. The van der Waals surface area contributed by atoms with Gasteiger partial charge < -0.3 is 5.11 Å². The lowest BCUT2D eigenvalue weighted by molar-refractivity contribution is -0.133. The van der Waals surface area contributed by atoms with Crippen molar-refractivity contribution in [3.8, 4) is 0 Å². The number of rotatable bonds is 4. The largest absolute Gasteiger partial charge is 0.478 e. The predicted octanol–water partition coefficient (Wildman–Crippen LogP) is 3.73. The average Bonchev–Trinajstić information content (AvgIpc) is 2.31. The van der Waals surface area contributed by atoms with E-state index in [0.29, 0.717) is 5.57 Å². The minimum absolute atomic E-state index is 0.144. The van der Waals surface area contributed by atoms with Gasteiger partial charge in [-0.25, -0.2) is 4.79 Å². The van der Waals surface area contributed by atoms with Crippen LogP contribution in [0.25, 0.3) is 0 Å². The van der Waals surface area contributed by atoms with Crippen LogP contribution in [0.3, 0.4) is 0 Å². The molecule has 2 heteroatoms. The quantitative estimate of drug-likeness (QED) is 0.770. The molecule has 0 aliphatic heterocycles. The molecule has 100 valence electrons. The smallest absolute Gasteiger partial charge is 0.331 e. The summed E-state index contributed by atoms with van der Waals surface area (Å²) in [6.45, 7) is 5.78. The minimum atomic E-state index is -0.814. The topological polar surface area (TPSA) is 37.3 Å². The van der Waals surface area contributed by atoms with E-state index in [-0.39, 0.29) is 5.92 Å². The minimum Gasteiger partial charge on any atom is -0.478 e. The van der Waals surface area contributed by atoms with E-state index in [0.717, 1.165) is 36.0 Å². The van der Waals surface area contributed by atoms with Gasteiger partial charge in [-0.1, -0.05) is 13.5 Å². The van der Waals surface area contributed by atoms with Gasteiger partial charge in [0, 0.05) is 5.57 Å². The molecule has 1 N–H and O–H groups in total. The molecule has 4 saturated carbocycles. The summed E-state index contributed by atoms with van der Waals surface area (Å²) in [6.07, 6.45) is 8.22. The molecule has 0 heterocycles. The Labute approximate surface area is 109 Å². The number of hydrogen-bond acceptors (Lipinski definition) is 1. The number of carboxylic acid groups (broad SMARTS) is 1. The van der Waals surface area contributed by atoms with E-state index in [2.05, 4.69) is 6.58 Å². The summed E-state index contributed by atoms with van der Waals surface area (Å²) in [5.41, 5.74) is 0.406. The first-order valence-corrected chi connectivity index (χ1v) is 7.46. The Bertz CT molecular complexity index is 343. The zero-order valence-corrected chi connectivity index (χ0v) is 11.3. The van der Waals surface area contributed by atoms with Crippen LogP contribution in [0.4, 0.5) is 0 Å². The van der Waals surface area contributed by atoms with Crippen LogP contribution in [0.5, 0.6) is 0 Å². The normalized spacial score (nSPS) is 42.8. The van der Waals surface area contributed by atoms with Crippen LogP contribution in [0.1, 0.15) is 45.4 Å². The maximum atomic E-state index is 11.0. The lowest BCUT2D eigenvalue weighted by atomic mass is 9.50. The van der Waals surface area contributed by atoms with Gasteiger partial charge in [0.05, 0.1) is 0 Å². The van der Waals surface area contributed by atoms with Crippen molar-refractivity contribution in [3.63, 3.8) is 0 Å². The zero-order chi connectivity index (χ0) is 12.9. The third kappa shape index (κ3) is 2.00. The first-order chi connectivity index (χ1) is 8.54. The van der Waals surface area contributed by atoms with Gasteiger partial charge in [-0.3, -0.25) is 0 Å². The molecule has 2 nitrogen and oxygen atoms in total. The zero-order valence-electron chi connectivity index (χ0n) is 11.3. The van der Waals surface area contributed by atoms with Crippen molar-refractivity contribution in [2.24, 2.45) is 35.5 Å². The fraction of sp³-hybridized carbons (Fsp3) is 0.812. The molecule has 4 aliphatic carbocycles. The highest BCUT2D eigenvalue weighted by molar-refractivity contribution is 5.86. The summed E-state index contributed by atoms with van der Waals surface area (Å²) in [7, 11) is 0. The fourth-order valence-electron chi connectivity index (χ4n) is 5.18. The van der Waals surface area contributed by atoms with Crippen molar-refractivity contribution >= 4 is 5.97 Å². The van der Waals surface area contributed by atoms with Gasteiger partial charge in [0.1, 0.15) is 0 Å². The average molecular weight is 248 g/mol.